The van der Waals surface area contributed by atoms with Gasteiger partial charge in [-0.3, -0.25) is 4.79 Å². The molecule has 0 spiro atoms. The van der Waals surface area contributed by atoms with E-state index in [1.165, 1.54) is 0 Å². The first kappa shape index (κ1) is 16.5. The predicted octanol–water partition coefficient (Wildman–Crippen LogP) is 3.98. The Bertz CT molecular complexity index is 642. The molecule has 2 aromatic rings. The van der Waals surface area contributed by atoms with Crippen molar-refractivity contribution in [3.8, 4) is 0 Å². The highest BCUT2D eigenvalue weighted by molar-refractivity contribution is 7.10. The van der Waals surface area contributed by atoms with E-state index in [4.69, 9.17) is 17.3 Å². The molecule has 1 aromatic carbocycles. The summed E-state index contributed by atoms with van der Waals surface area (Å²) in [5.41, 5.74) is 6.87. The van der Waals surface area contributed by atoms with E-state index in [1.807, 2.05) is 35.7 Å². The summed E-state index contributed by atoms with van der Waals surface area (Å²) >= 11 is 7.64. The number of nitrogens with two attached hydrogens (primary N) is 1. The average molecular weight is 349 g/mol. The van der Waals surface area contributed by atoms with Crippen molar-refractivity contribution in [1.29, 1.82) is 0 Å². The van der Waals surface area contributed by atoms with Gasteiger partial charge in [-0.2, -0.15) is 0 Å². The van der Waals surface area contributed by atoms with E-state index >= 15 is 0 Å². The zero-order valence-corrected chi connectivity index (χ0v) is 14.4. The summed E-state index contributed by atoms with van der Waals surface area (Å²) in [6.07, 6.45) is 3.08. The van der Waals surface area contributed by atoms with Crippen LogP contribution >= 0.6 is 22.9 Å². The van der Waals surface area contributed by atoms with Gasteiger partial charge in [-0.25, -0.2) is 0 Å². The van der Waals surface area contributed by atoms with Crippen LogP contribution in [0.15, 0.2) is 41.8 Å². The maximum atomic E-state index is 12.8. The first-order valence-corrected chi connectivity index (χ1v) is 9.24. The second kappa shape index (κ2) is 7.47. The number of thiophene rings is 1. The third-order valence-electron chi connectivity index (χ3n) is 4.62. The molecule has 3 atom stereocenters. The first-order chi connectivity index (χ1) is 11.2. The summed E-state index contributed by atoms with van der Waals surface area (Å²) in [5.74, 6) is 0.463. The van der Waals surface area contributed by atoms with Gasteiger partial charge in [0.2, 0.25) is 5.91 Å². The van der Waals surface area contributed by atoms with Crippen LogP contribution in [-0.4, -0.2) is 12.5 Å². The van der Waals surface area contributed by atoms with Gasteiger partial charge >= 0.3 is 0 Å². The van der Waals surface area contributed by atoms with Gasteiger partial charge in [0, 0.05) is 15.8 Å². The maximum absolute atomic E-state index is 12.8. The lowest BCUT2D eigenvalue weighted by Crippen LogP contribution is -2.37. The number of carbonyl (C=O) groups excluding carboxylic acids is 1. The van der Waals surface area contributed by atoms with E-state index in [0.29, 0.717) is 17.5 Å². The van der Waals surface area contributed by atoms with Crippen LogP contribution in [0.5, 0.6) is 0 Å². The van der Waals surface area contributed by atoms with Gasteiger partial charge in [0.15, 0.2) is 0 Å². The minimum atomic E-state index is -0.126. The Kier molecular flexibility index (Phi) is 5.36. The van der Waals surface area contributed by atoms with Crippen molar-refractivity contribution in [3.63, 3.8) is 0 Å². The molecule has 0 aliphatic heterocycles. The van der Waals surface area contributed by atoms with E-state index in [9.17, 15) is 4.79 Å². The second-order valence-corrected chi connectivity index (χ2v) is 7.46. The lowest BCUT2D eigenvalue weighted by Gasteiger charge is -2.23. The Hall–Kier alpha value is -1.36. The molecule has 0 saturated heterocycles. The Labute approximate surface area is 145 Å². The van der Waals surface area contributed by atoms with Gasteiger partial charge in [-0.15, -0.1) is 11.3 Å². The van der Waals surface area contributed by atoms with Crippen molar-refractivity contribution in [2.45, 2.75) is 25.3 Å². The van der Waals surface area contributed by atoms with Crippen LogP contribution in [0.1, 0.15) is 35.7 Å². The van der Waals surface area contributed by atoms with Crippen LogP contribution in [0.2, 0.25) is 5.02 Å². The molecule has 1 amide bonds. The molecule has 5 heteroatoms. The zero-order chi connectivity index (χ0) is 16.2. The number of halogens is 1. The summed E-state index contributed by atoms with van der Waals surface area (Å²) in [5, 5.41) is 5.96. The van der Waals surface area contributed by atoms with Gasteiger partial charge in [-0.1, -0.05) is 36.2 Å². The fourth-order valence-corrected chi connectivity index (χ4v) is 4.27. The summed E-state index contributed by atoms with van der Waals surface area (Å²) in [4.78, 5) is 13.9. The number of rotatable bonds is 5. The van der Waals surface area contributed by atoms with Crippen molar-refractivity contribution >= 4 is 28.8 Å². The van der Waals surface area contributed by atoms with Gasteiger partial charge in [-0.05, 0) is 54.4 Å². The fraction of sp³-hybridized carbons (Fsp3) is 0.389. The van der Waals surface area contributed by atoms with Crippen LogP contribution < -0.4 is 11.1 Å². The molecule has 122 valence electrons. The third kappa shape index (κ3) is 3.77. The number of amides is 1. The van der Waals surface area contributed by atoms with Crippen LogP contribution in [0.25, 0.3) is 0 Å². The van der Waals surface area contributed by atoms with Crippen LogP contribution in [0, 0.1) is 11.8 Å². The molecule has 1 aliphatic rings. The molecule has 1 saturated carbocycles. The molecule has 3 N–H and O–H groups in total. The molecular weight excluding hydrogens is 328 g/mol. The highest BCUT2D eigenvalue weighted by Crippen LogP contribution is 2.33. The lowest BCUT2D eigenvalue weighted by atomic mass is 9.94. The van der Waals surface area contributed by atoms with E-state index in [1.54, 1.807) is 11.3 Å². The molecule has 1 unspecified atom stereocenters. The predicted molar refractivity (Wildman–Crippen MR) is 95.6 cm³/mol. The monoisotopic (exact) mass is 348 g/mol. The standard InChI is InChI=1S/C18H21ClN2OS/c19-14-8-6-12(7-9-14)17(16-5-2-10-23-16)21-18(22)15-4-1-3-13(15)11-20/h2,5-10,13,15,17H,1,3-4,11,20H2,(H,21,22)/t13-,15-,17?/m1/s1. The summed E-state index contributed by atoms with van der Waals surface area (Å²) in [6.45, 7) is 0.586. The van der Waals surface area contributed by atoms with Gasteiger partial charge in [0.1, 0.15) is 0 Å². The van der Waals surface area contributed by atoms with E-state index in [2.05, 4.69) is 11.4 Å². The van der Waals surface area contributed by atoms with Gasteiger partial charge < -0.3 is 11.1 Å². The highest BCUT2D eigenvalue weighted by atomic mass is 35.5. The topological polar surface area (TPSA) is 55.1 Å². The SMILES string of the molecule is NC[C@H]1CCC[C@H]1C(=O)NC(c1ccc(Cl)cc1)c1cccs1. The van der Waals surface area contributed by atoms with Crippen LogP contribution in [0.3, 0.4) is 0 Å². The smallest absolute Gasteiger partial charge is 0.224 e. The summed E-state index contributed by atoms with van der Waals surface area (Å²) < 4.78 is 0. The molecule has 0 bridgehead atoms. The van der Waals surface area contributed by atoms with E-state index in [0.717, 1.165) is 29.7 Å². The van der Waals surface area contributed by atoms with Crippen LogP contribution in [-0.2, 0) is 4.79 Å². The molecule has 1 fully saturated rings. The Morgan fingerprint density at radius 1 is 1.30 bits per heavy atom. The van der Waals surface area contributed by atoms with Crippen LogP contribution in [0.4, 0.5) is 0 Å². The molecule has 3 nitrogen and oxygen atoms in total. The van der Waals surface area contributed by atoms with Gasteiger partial charge in [0.05, 0.1) is 6.04 Å². The molecule has 1 aromatic heterocycles. The molecule has 1 heterocycles. The largest absolute Gasteiger partial charge is 0.344 e. The minimum absolute atomic E-state index is 0.0368. The Morgan fingerprint density at radius 3 is 2.74 bits per heavy atom. The molecular formula is C18H21ClN2OS. The molecule has 23 heavy (non-hydrogen) atoms. The van der Waals surface area contributed by atoms with E-state index in [-0.39, 0.29) is 17.9 Å². The normalized spacial score (nSPS) is 22.0. The second-order valence-electron chi connectivity index (χ2n) is 6.04. The number of benzene rings is 1. The summed E-state index contributed by atoms with van der Waals surface area (Å²) in [7, 11) is 0. The minimum Gasteiger partial charge on any atom is -0.344 e. The fourth-order valence-electron chi connectivity index (χ4n) is 3.34. The van der Waals surface area contributed by atoms with Crippen molar-refractivity contribution < 1.29 is 4.79 Å². The summed E-state index contributed by atoms with van der Waals surface area (Å²) in [6, 6.07) is 11.6. The first-order valence-electron chi connectivity index (χ1n) is 7.98. The quantitative estimate of drug-likeness (QED) is 0.858. The van der Waals surface area contributed by atoms with Crippen molar-refractivity contribution in [3.05, 3.63) is 57.2 Å². The Morgan fingerprint density at radius 2 is 2.09 bits per heavy atom. The number of nitrogens with one attached hydrogen (secondary N) is 1. The van der Waals surface area contributed by atoms with Crippen molar-refractivity contribution in [2.24, 2.45) is 17.6 Å². The van der Waals surface area contributed by atoms with Gasteiger partial charge in [0.25, 0.3) is 0 Å². The maximum Gasteiger partial charge on any atom is 0.224 e. The highest BCUT2D eigenvalue weighted by Gasteiger charge is 2.33. The molecule has 3 rings (SSSR count). The third-order valence-corrected chi connectivity index (χ3v) is 5.81. The Balaban J connectivity index is 1.82. The van der Waals surface area contributed by atoms with E-state index < -0.39 is 0 Å². The lowest BCUT2D eigenvalue weighted by molar-refractivity contribution is -0.126. The van der Waals surface area contributed by atoms with Crippen molar-refractivity contribution in [2.75, 3.05) is 6.54 Å². The number of hydrogen-bond acceptors (Lipinski definition) is 3. The number of carbonyl (C=O) groups is 1. The zero-order valence-electron chi connectivity index (χ0n) is 12.9. The molecule has 1 aliphatic carbocycles. The average Bonchev–Trinajstić information content (AvgIpc) is 3.24. The number of hydrogen-bond donors (Lipinski definition) is 2. The molecule has 0 radical (unpaired) electrons. The van der Waals surface area contributed by atoms with Crippen molar-refractivity contribution in [1.82, 2.24) is 5.32 Å².